The van der Waals surface area contributed by atoms with Crippen LogP contribution < -0.4 is 10.6 Å². The third kappa shape index (κ3) is 4.20. The van der Waals surface area contributed by atoms with Crippen LogP contribution in [0.4, 0.5) is 16.2 Å². The lowest BCUT2D eigenvalue weighted by molar-refractivity contribution is 0.101. The van der Waals surface area contributed by atoms with E-state index in [1.54, 1.807) is 30.5 Å². The van der Waals surface area contributed by atoms with Gasteiger partial charge in [0.05, 0.1) is 0 Å². The van der Waals surface area contributed by atoms with Crippen LogP contribution >= 0.6 is 0 Å². The average Bonchev–Trinajstić information content (AvgIpc) is 2.75. The van der Waals surface area contributed by atoms with Gasteiger partial charge in [0.15, 0.2) is 5.78 Å². The van der Waals surface area contributed by atoms with Gasteiger partial charge < -0.3 is 10.6 Å². The number of benzene rings is 3. The number of ketones is 1. The van der Waals surface area contributed by atoms with Crippen molar-refractivity contribution in [3.8, 4) is 11.1 Å². The van der Waals surface area contributed by atoms with E-state index in [4.69, 9.17) is 0 Å². The van der Waals surface area contributed by atoms with Gasteiger partial charge in [-0.2, -0.15) is 0 Å². The molecule has 0 atom stereocenters. The third-order valence-electron chi connectivity index (χ3n) is 5.00. The number of Topliss-reactive ketones (excluding diaryl/α,β-unsaturated/α-hetero) is 1. The van der Waals surface area contributed by atoms with E-state index in [0.717, 1.165) is 27.5 Å². The number of aromatic nitrogens is 1. The van der Waals surface area contributed by atoms with Gasteiger partial charge in [-0.1, -0.05) is 18.2 Å². The Morgan fingerprint density at radius 2 is 1.53 bits per heavy atom. The van der Waals surface area contributed by atoms with Crippen molar-refractivity contribution < 1.29 is 9.59 Å². The second-order valence-electron chi connectivity index (χ2n) is 7.18. The van der Waals surface area contributed by atoms with Crippen molar-refractivity contribution >= 4 is 34.0 Å². The predicted molar refractivity (Wildman–Crippen MR) is 121 cm³/mol. The molecule has 0 spiro atoms. The van der Waals surface area contributed by atoms with Crippen LogP contribution in [0.5, 0.6) is 0 Å². The third-order valence-corrected chi connectivity index (χ3v) is 5.00. The minimum absolute atomic E-state index is 0.0114. The van der Waals surface area contributed by atoms with Gasteiger partial charge in [0.1, 0.15) is 0 Å². The molecular formula is C25H21N3O2. The maximum atomic E-state index is 12.4. The van der Waals surface area contributed by atoms with E-state index in [2.05, 4.69) is 33.8 Å². The second kappa shape index (κ2) is 8.17. The van der Waals surface area contributed by atoms with Crippen LogP contribution in [0.15, 0.2) is 79.1 Å². The van der Waals surface area contributed by atoms with Gasteiger partial charge in [-0.3, -0.25) is 9.78 Å². The maximum absolute atomic E-state index is 12.4. The monoisotopic (exact) mass is 395 g/mol. The number of anilines is 2. The summed E-state index contributed by atoms with van der Waals surface area (Å²) in [5.74, 6) is -0.0114. The highest BCUT2D eigenvalue weighted by Gasteiger charge is 2.08. The van der Waals surface area contributed by atoms with Crippen molar-refractivity contribution in [3.05, 3.63) is 90.3 Å². The number of aryl methyl sites for hydroxylation is 1. The molecule has 148 valence electrons. The highest BCUT2D eigenvalue weighted by molar-refractivity contribution is 6.01. The number of rotatable bonds is 4. The number of hydrogen-bond donors (Lipinski definition) is 2. The van der Waals surface area contributed by atoms with E-state index in [1.165, 1.54) is 6.92 Å². The van der Waals surface area contributed by atoms with Gasteiger partial charge in [0.2, 0.25) is 0 Å². The highest BCUT2D eigenvalue weighted by Crippen LogP contribution is 2.29. The SMILES string of the molecule is CC(=O)c1ccc(NC(=O)Nc2ccc(C)c(-c3ccc4ccncc4c3)c2)cc1. The molecule has 0 bridgehead atoms. The van der Waals surface area contributed by atoms with Gasteiger partial charge in [-0.05, 0) is 84.5 Å². The van der Waals surface area contributed by atoms with E-state index >= 15 is 0 Å². The zero-order valence-electron chi connectivity index (χ0n) is 16.8. The topological polar surface area (TPSA) is 71.1 Å². The summed E-state index contributed by atoms with van der Waals surface area (Å²) < 4.78 is 0. The van der Waals surface area contributed by atoms with E-state index < -0.39 is 0 Å². The Hall–Kier alpha value is -3.99. The van der Waals surface area contributed by atoms with Gasteiger partial charge in [-0.25, -0.2) is 4.79 Å². The Morgan fingerprint density at radius 1 is 0.800 bits per heavy atom. The van der Waals surface area contributed by atoms with Crippen LogP contribution in [0.1, 0.15) is 22.8 Å². The molecule has 1 aromatic heterocycles. The van der Waals surface area contributed by atoms with Crippen LogP contribution in [0.3, 0.4) is 0 Å². The summed E-state index contributed by atoms with van der Waals surface area (Å²) in [7, 11) is 0. The number of pyridine rings is 1. The molecule has 2 N–H and O–H groups in total. The number of nitrogens with zero attached hydrogens (tertiary/aromatic N) is 1. The molecule has 0 aliphatic heterocycles. The lowest BCUT2D eigenvalue weighted by Crippen LogP contribution is -2.19. The summed E-state index contributed by atoms with van der Waals surface area (Å²) in [6, 6.07) is 20.5. The van der Waals surface area contributed by atoms with Crippen molar-refractivity contribution in [2.24, 2.45) is 0 Å². The Balaban J connectivity index is 1.53. The molecule has 0 aliphatic carbocycles. The molecule has 30 heavy (non-hydrogen) atoms. The number of carbonyl (C=O) groups is 2. The number of hydrogen-bond acceptors (Lipinski definition) is 3. The summed E-state index contributed by atoms with van der Waals surface area (Å²) in [6.45, 7) is 3.55. The smallest absolute Gasteiger partial charge is 0.308 e. The average molecular weight is 395 g/mol. The van der Waals surface area contributed by atoms with Crippen LogP contribution in [0.2, 0.25) is 0 Å². The van der Waals surface area contributed by atoms with E-state index in [-0.39, 0.29) is 11.8 Å². The first-order valence-electron chi connectivity index (χ1n) is 9.63. The van der Waals surface area contributed by atoms with Crippen LogP contribution in [0.25, 0.3) is 21.9 Å². The van der Waals surface area contributed by atoms with E-state index in [9.17, 15) is 9.59 Å². The molecule has 5 nitrogen and oxygen atoms in total. The molecule has 0 unspecified atom stereocenters. The molecule has 0 saturated carbocycles. The first-order valence-corrected chi connectivity index (χ1v) is 9.63. The predicted octanol–water partition coefficient (Wildman–Crippen LogP) is 6.06. The van der Waals surface area contributed by atoms with Gasteiger partial charge in [-0.15, -0.1) is 0 Å². The van der Waals surface area contributed by atoms with Crippen molar-refractivity contribution in [2.45, 2.75) is 13.8 Å². The maximum Gasteiger partial charge on any atom is 0.323 e. The van der Waals surface area contributed by atoms with Crippen molar-refractivity contribution in [2.75, 3.05) is 10.6 Å². The second-order valence-corrected chi connectivity index (χ2v) is 7.18. The quantitative estimate of drug-likeness (QED) is 0.413. The molecule has 4 aromatic rings. The molecule has 3 aromatic carbocycles. The number of fused-ring (bicyclic) bond motifs is 1. The summed E-state index contributed by atoms with van der Waals surface area (Å²) in [5, 5.41) is 7.86. The standard InChI is InChI=1S/C25H21N3O2/c1-16-3-8-23(28-25(30)27-22-9-6-18(7-10-22)17(2)29)14-24(16)20-5-4-19-11-12-26-15-21(19)13-20/h3-15H,1-2H3,(H2,27,28,30). The molecule has 4 rings (SSSR count). The molecule has 0 radical (unpaired) electrons. The summed E-state index contributed by atoms with van der Waals surface area (Å²) in [5.41, 5.74) is 5.14. The van der Waals surface area contributed by atoms with E-state index in [0.29, 0.717) is 16.9 Å². The van der Waals surface area contributed by atoms with Crippen molar-refractivity contribution in [3.63, 3.8) is 0 Å². The first-order chi connectivity index (χ1) is 14.5. The zero-order chi connectivity index (χ0) is 21.1. The molecular weight excluding hydrogens is 374 g/mol. The summed E-state index contributed by atoms with van der Waals surface area (Å²) in [4.78, 5) is 28.0. The van der Waals surface area contributed by atoms with Crippen LogP contribution in [-0.4, -0.2) is 16.8 Å². The Labute approximate surface area is 174 Å². The zero-order valence-corrected chi connectivity index (χ0v) is 16.8. The minimum Gasteiger partial charge on any atom is -0.308 e. The van der Waals surface area contributed by atoms with Crippen LogP contribution in [0, 0.1) is 6.92 Å². The van der Waals surface area contributed by atoms with Gasteiger partial charge in [0, 0.05) is 34.7 Å². The largest absolute Gasteiger partial charge is 0.323 e. The molecule has 0 aliphatic rings. The Kier molecular flexibility index (Phi) is 5.26. The van der Waals surface area contributed by atoms with Gasteiger partial charge in [0.25, 0.3) is 0 Å². The van der Waals surface area contributed by atoms with Crippen molar-refractivity contribution in [1.82, 2.24) is 4.98 Å². The normalized spacial score (nSPS) is 10.6. The lowest BCUT2D eigenvalue weighted by atomic mass is 9.98. The Bertz CT molecular complexity index is 1250. The van der Waals surface area contributed by atoms with E-state index in [1.807, 2.05) is 37.4 Å². The fourth-order valence-electron chi connectivity index (χ4n) is 3.35. The summed E-state index contributed by atoms with van der Waals surface area (Å²) >= 11 is 0. The molecule has 5 heteroatoms. The minimum atomic E-state index is -0.344. The molecule has 0 fully saturated rings. The highest BCUT2D eigenvalue weighted by atomic mass is 16.2. The molecule has 1 heterocycles. The number of amides is 2. The number of urea groups is 1. The van der Waals surface area contributed by atoms with Gasteiger partial charge >= 0.3 is 6.03 Å². The Morgan fingerprint density at radius 3 is 2.30 bits per heavy atom. The molecule has 2 amide bonds. The lowest BCUT2D eigenvalue weighted by Gasteiger charge is -2.12. The molecule has 0 saturated heterocycles. The fraction of sp³-hybridized carbons (Fsp3) is 0.0800. The summed E-state index contributed by atoms with van der Waals surface area (Å²) in [6.07, 6.45) is 3.63. The number of carbonyl (C=O) groups excluding carboxylic acids is 2. The fourth-order valence-corrected chi connectivity index (χ4v) is 3.35. The van der Waals surface area contributed by atoms with Crippen molar-refractivity contribution in [1.29, 1.82) is 0 Å². The number of nitrogens with one attached hydrogen (secondary N) is 2. The van der Waals surface area contributed by atoms with Crippen LogP contribution in [-0.2, 0) is 0 Å². The first kappa shape index (κ1) is 19.3.